The first-order valence-electron chi connectivity index (χ1n) is 14.2. The Hall–Kier alpha value is -0.550. The van der Waals surface area contributed by atoms with Crippen LogP contribution in [0.1, 0.15) is 78.1 Å². The van der Waals surface area contributed by atoms with Crippen molar-refractivity contribution in [1.82, 2.24) is 14.5 Å². The number of likely N-dealkylation sites (N-methyl/N-ethyl adjacent to an activating group) is 1. The molecule has 1 aliphatic heterocycles. The normalized spacial score (nSPS) is 39.8. The summed E-state index contributed by atoms with van der Waals surface area (Å²) >= 11 is 6.32. The number of fused-ring (bicyclic) bond motifs is 1. The van der Waals surface area contributed by atoms with E-state index in [1.165, 1.54) is 0 Å². The lowest BCUT2D eigenvalue weighted by Crippen LogP contribution is -2.63. The number of halogens is 3. The number of hydrogen-bond acceptors (Lipinski definition) is 5. The van der Waals surface area contributed by atoms with Gasteiger partial charge >= 0.3 is 0 Å². The maximum Gasteiger partial charge on any atom is 0.227 e. The van der Waals surface area contributed by atoms with Gasteiger partial charge in [-0.05, 0) is 77.3 Å². The molecule has 4 aliphatic rings. The van der Waals surface area contributed by atoms with Gasteiger partial charge in [-0.1, -0.05) is 13.8 Å². The molecule has 7 unspecified atom stereocenters. The predicted molar refractivity (Wildman–Crippen MR) is 141 cm³/mol. The number of alkyl halides is 3. The smallest absolute Gasteiger partial charge is 0.227 e. The van der Waals surface area contributed by atoms with Gasteiger partial charge in [0, 0.05) is 24.5 Å². The number of nitrogens with one attached hydrogen (secondary N) is 1. The molecule has 37 heavy (non-hydrogen) atoms. The summed E-state index contributed by atoms with van der Waals surface area (Å²) in [6.07, 6.45) is 1.81. The zero-order valence-electron chi connectivity index (χ0n) is 22.2. The quantitative estimate of drug-likeness (QED) is 0.452. The topological polar surface area (TPSA) is 79.0 Å². The first kappa shape index (κ1) is 29.4. The lowest BCUT2D eigenvalue weighted by atomic mass is 9.84. The molecule has 1 saturated heterocycles. The van der Waals surface area contributed by atoms with Crippen LogP contribution in [0.15, 0.2) is 0 Å². The SMILES string of the molecule is CCN(CC)CC1CN(S(=O)(=O)C2CCC(F)CC2)C2CC(NC(=O)C3C(F)CCCC3Cl)CCC2O1. The average Bonchev–Trinajstić information content (AvgIpc) is 2.87. The van der Waals surface area contributed by atoms with E-state index in [1.54, 1.807) is 4.31 Å². The van der Waals surface area contributed by atoms with E-state index in [4.69, 9.17) is 16.3 Å². The highest BCUT2D eigenvalue weighted by molar-refractivity contribution is 7.89. The number of carbonyl (C=O) groups excluding carboxylic acids is 1. The fraction of sp³-hybridized carbons (Fsp3) is 0.962. The number of morpholine rings is 1. The van der Waals surface area contributed by atoms with E-state index in [-0.39, 0.29) is 43.5 Å². The summed E-state index contributed by atoms with van der Waals surface area (Å²) in [6.45, 7) is 6.76. The molecule has 1 N–H and O–H groups in total. The summed E-state index contributed by atoms with van der Waals surface area (Å²) < 4.78 is 64.3. The van der Waals surface area contributed by atoms with Crippen LogP contribution in [0, 0.1) is 5.92 Å². The van der Waals surface area contributed by atoms with Crippen LogP contribution in [0.5, 0.6) is 0 Å². The van der Waals surface area contributed by atoms with Crippen LogP contribution in [-0.2, 0) is 19.6 Å². The molecule has 7 nitrogen and oxygen atoms in total. The van der Waals surface area contributed by atoms with Crippen molar-refractivity contribution >= 4 is 27.5 Å². The van der Waals surface area contributed by atoms with E-state index in [2.05, 4.69) is 24.1 Å². The van der Waals surface area contributed by atoms with Crippen molar-refractivity contribution in [2.45, 2.75) is 125 Å². The van der Waals surface area contributed by atoms with Crippen molar-refractivity contribution in [1.29, 1.82) is 0 Å². The summed E-state index contributed by atoms with van der Waals surface area (Å²) in [5, 5.41) is 1.89. The van der Waals surface area contributed by atoms with Gasteiger partial charge in [-0.25, -0.2) is 17.2 Å². The fourth-order valence-corrected chi connectivity index (χ4v) is 9.38. The van der Waals surface area contributed by atoms with Gasteiger partial charge in [0.1, 0.15) is 12.3 Å². The molecular formula is C26H44ClF2N3O4S. The molecule has 214 valence electrons. The molecule has 4 fully saturated rings. The molecule has 1 heterocycles. The van der Waals surface area contributed by atoms with Crippen molar-refractivity contribution in [2.24, 2.45) is 5.92 Å². The summed E-state index contributed by atoms with van der Waals surface area (Å²) in [7, 11) is -3.68. The Bertz CT molecular complexity index is 862. The number of hydrogen-bond donors (Lipinski definition) is 1. The van der Waals surface area contributed by atoms with E-state index < -0.39 is 45.0 Å². The lowest BCUT2D eigenvalue weighted by molar-refractivity contribution is -0.133. The molecule has 0 aromatic rings. The van der Waals surface area contributed by atoms with Gasteiger partial charge < -0.3 is 15.0 Å². The van der Waals surface area contributed by atoms with Crippen molar-refractivity contribution in [3.63, 3.8) is 0 Å². The van der Waals surface area contributed by atoms with Gasteiger partial charge in [-0.3, -0.25) is 4.79 Å². The van der Waals surface area contributed by atoms with Crippen molar-refractivity contribution in [3.8, 4) is 0 Å². The number of carbonyl (C=O) groups is 1. The van der Waals surface area contributed by atoms with Crippen LogP contribution in [0.25, 0.3) is 0 Å². The molecule has 0 spiro atoms. The molecule has 0 radical (unpaired) electrons. The minimum absolute atomic E-state index is 0.244. The zero-order valence-corrected chi connectivity index (χ0v) is 23.7. The monoisotopic (exact) mass is 567 g/mol. The summed E-state index contributed by atoms with van der Waals surface area (Å²) in [6, 6.07) is -0.673. The standard InChI is InChI=1S/C26H44ClF2N3O4S/c1-3-31(4-2)15-19-16-32(37(34,35)20-11-8-17(28)9-12-20)23-14-18(10-13-24(23)36-19)30-26(33)25-21(27)6-5-7-22(25)29/h17-25H,3-16H2,1-2H3,(H,30,33). The minimum Gasteiger partial charge on any atom is -0.371 e. The Morgan fingerprint density at radius 2 is 1.76 bits per heavy atom. The largest absolute Gasteiger partial charge is 0.371 e. The number of rotatable bonds is 8. The summed E-state index contributed by atoms with van der Waals surface area (Å²) in [5.74, 6) is -1.24. The van der Waals surface area contributed by atoms with Crippen molar-refractivity contribution in [2.75, 3.05) is 26.2 Å². The third-order valence-corrected chi connectivity index (χ3v) is 11.8. The highest BCUT2D eigenvalue weighted by Gasteiger charge is 2.49. The highest BCUT2D eigenvalue weighted by Crippen LogP contribution is 2.37. The second-order valence-corrected chi connectivity index (χ2v) is 14.1. The van der Waals surface area contributed by atoms with Crippen LogP contribution in [0.3, 0.4) is 0 Å². The Morgan fingerprint density at radius 3 is 2.41 bits per heavy atom. The maximum absolute atomic E-state index is 14.5. The zero-order chi connectivity index (χ0) is 26.7. The molecule has 0 bridgehead atoms. The average molecular weight is 568 g/mol. The second-order valence-electron chi connectivity index (χ2n) is 11.3. The van der Waals surface area contributed by atoms with Crippen LogP contribution in [0.2, 0.25) is 0 Å². The van der Waals surface area contributed by atoms with E-state index in [1.807, 2.05) is 0 Å². The van der Waals surface area contributed by atoms with Gasteiger partial charge in [0.25, 0.3) is 0 Å². The predicted octanol–water partition coefficient (Wildman–Crippen LogP) is 3.79. The van der Waals surface area contributed by atoms with Crippen LogP contribution in [-0.4, -0.2) is 97.0 Å². The summed E-state index contributed by atoms with van der Waals surface area (Å²) in [4.78, 5) is 15.2. The van der Waals surface area contributed by atoms with Crippen LogP contribution in [0.4, 0.5) is 8.78 Å². The third-order valence-electron chi connectivity index (χ3n) is 8.97. The second kappa shape index (κ2) is 12.7. The Labute approximate surface area is 226 Å². The van der Waals surface area contributed by atoms with Gasteiger partial charge in [-0.2, -0.15) is 4.31 Å². The van der Waals surface area contributed by atoms with Crippen molar-refractivity contribution in [3.05, 3.63) is 0 Å². The van der Waals surface area contributed by atoms with E-state index in [9.17, 15) is 22.0 Å². The molecule has 0 aromatic heterocycles. The molecule has 3 aliphatic carbocycles. The fourth-order valence-electron chi connectivity index (χ4n) is 6.73. The maximum atomic E-state index is 14.5. The first-order valence-corrected chi connectivity index (χ1v) is 16.2. The highest BCUT2D eigenvalue weighted by atomic mass is 35.5. The Kier molecular flexibility index (Phi) is 10.1. The van der Waals surface area contributed by atoms with Gasteiger partial charge in [-0.15, -0.1) is 11.6 Å². The minimum atomic E-state index is -3.68. The van der Waals surface area contributed by atoms with Gasteiger partial charge in [0.05, 0.1) is 29.4 Å². The van der Waals surface area contributed by atoms with E-state index >= 15 is 0 Å². The van der Waals surface area contributed by atoms with Crippen LogP contribution >= 0.6 is 11.6 Å². The molecule has 11 heteroatoms. The van der Waals surface area contributed by atoms with E-state index in [0.717, 1.165) is 13.1 Å². The van der Waals surface area contributed by atoms with Crippen molar-refractivity contribution < 1.29 is 26.7 Å². The molecule has 0 aromatic carbocycles. The van der Waals surface area contributed by atoms with Gasteiger partial charge in [0.15, 0.2) is 0 Å². The molecule has 1 amide bonds. The van der Waals surface area contributed by atoms with E-state index in [0.29, 0.717) is 57.9 Å². The van der Waals surface area contributed by atoms with Crippen LogP contribution < -0.4 is 5.32 Å². The number of ether oxygens (including phenoxy) is 1. The third kappa shape index (κ3) is 6.79. The molecular weight excluding hydrogens is 524 g/mol. The Balaban J connectivity index is 1.50. The van der Waals surface area contributed by atoms with Gasteiger partial charge in [0.2, 0.25) is 15.9 Å². The molecule has 3 saturated carbocycles. The molecule has 4 rings (SSSR count). The molecule has 7 atom stereocenters. The summed E-state index contributed by atoms with van der Waals surface area (Å²) in [5.41, 5.74) is 0. The number of sulfonamides is 1. The lowest BCUT2D eigenvalue weighted by Gasteiger charge is -2.49. The number of amides is 1. The Morgan fingerprint density at radius 1 is 1.05 bits per heavy atom. The first-order chi connectivity index (χ1) is 17.6. The number of nitrogens with zero attached hydrogens (tertiary/aromatic N) is 2.